The van der Waals surface area contributed by atoms with Crippen molar-refractivity contribution in [3.8, 4) is 5.75 Å². The van der Waals surface area contributed by atoms with Crippen LogP contribution in [0.3, 0.4) is 0 Å². The van der Waals surface area contributed by atoms with Gasteiger partial charge in [-0.3, -0.25) is 20.2 Å². The van der Waals surface area contributed by atoms with Gasteiger partial charge >= 0.3 is 17.6 Å². The average molecular weight is 365 g/mol. The lowest BCUT2D eigenvalue weighted by molar-refractivity contribution is -0.393. The number of benzene rings is 1. The minimum absolute atomic E-state index is 0.149. The highest BCUT2D eigenvalue weighted by molar-refractivity contribution is 5.81. The summed E-state index contributed by atoms with van der Waals surface area (Å²) >= 11 is 0. The molecule has 140 valence electrons. The van der Waals surface area contributed by atoms with Crippen LogP contribution in [-0.4, -0.2) is 30.0 Å². The number of nitrogens with zero attached hydrogens (tertiary/aromatic N) is 3. The predicted molar refractivity (Wildman–Crippen MR) is 84.1 cm³/mol. The van der Waals surface area contributed by atoms with E-state index in [-0.39, 0.29) is 19.2 Å². The van der Waals surface area contributed by atoms with E-state index in [1.165, 1.54) is 4.90 Å². The molecule has 0 unspecified atom stereocenters. The maximum Gasteiger partial charge on any atom is 0.420 e. The molecule has 0 spiro atoms. The second-order valence-electron chi connectivity index (χ2n) is 5.12. The fraction of sp³-hybridized carbons (Fsp3) is 0.571. The lowest BCUT2D eigenvalue weighted by Gasteiger charge is -2.24. The van der Waals surface area contributed by atoms with Gasteiger partial charge in [0.2, 0.25) is 5.75 Å². The highest BCUT2D eigenvalue weighted by Crippen LogP contribution is 2.50. The fourth-order valence-corrected chi connectivity index (χ4v) is 2.44. The van der Waals surface area contributed by atoms with Gasteiger partial charge < -0.3 is 9.64 Å². The van der Waals surface area contributed by atoms with Crippen molar-refractivity contribution in [2.75, 3.05) is 25.1 Å². The van der Waals surface area contributed by atoms with E-state index < -0.39 is 44.4 Å². The Morgan fingerprint density at radius 3 is 2.16 bits per heavy atom. The van der Waals surface area contributed by atoms with Gasteiger partial charge in [0.25, 0.3) is 0 Å². The number of anilines is 1. The largest absolute Gasteiger partial charge is 0.490 e. The number of unbranched alkanes of at least 4 members (excludes halogenated alkanes) is 1. The van der Waals surface area contributed by atoms with E-state index in [9.17, 15) is 33.4 Å². The molecule has 1 aromatic rings. The SMILES string of the molecule is CCCCN(CC)c1c([N+](=O)[O-])cc(C(F)(F)F)c(OC)c1[N+](=O)[O-]. The molecule has 0 aromatic heterocycles. The Morgan fingerprint density at radius 2 is 1.80 bits per heavy atom. The van der Waals surface area contributed by atoms with Crippen molar-refractivity contribution in [2.24, 2.45) is 0 Å². The average Bonchev–Trinajstić information content (AvgIpc) is 2.52. The van der Waals surface area contributed by atoms with E-state index in [4.69, 9.17) is 0 Å². The molecule has 0 amide bonds. The highest BCUT2D eigenvalue weighted by atomic mass is 19.4. The molecule has 0 N–H and O–H groups in total. The minimum Gasteiger partial charge on any atom is -0.490 e. The van der Waals surface area contributed by atoms with Crippen LogP contribution in [0.5, 0.6) is 5.75 Å². The third-order valence-corrected chi connectivity index (χ3v) is 3.58. The molecule has 0 fully saturated rings. The maximum absolute atomic E-state index is 13.2. The molecule has 0 radical (unpaired) electrons. The number of ether oxygens (including phenoxy) is 1. The van der Waals surface area contributed by atoms with Gasteiger partial charge in [-0.15, -0.1) is 0 Å². The molecular formula is C14H18F3N3O5. The Balaban J connectivity index is 3.90. The number of hydrogen-bond acceptors (Lipinski definition) is 6. The Bertz CT molecular complexity index is 664. The molecule has 0 heterocycles. The first-order valence-corrected chi connectivity index (χ1v) is 7.45. The number of halogens is 3. The molecule has 8 nitrogen and oxygen atoms in total. The summed E-state index contributed by atoms with van der Waals surface area (Å²) in [5.74, 6) is -1.03. The molecule has 0 aliphatic rings. The van der Waals surface area contributed by atoms with Crippen LogP contribution in [0.2, 0.25) is 0 Å². The van der Waals surface area contributed by atoms with E-state index in [1.54, 1.807) is 6.92 Å². The Kier molecular flexibility index (Phi) is 6.54. The monoisotopic (exact) mass is 365 g/mol. The standard InChI is InChI=1S/C14H18F3N3O5/c1-4-6-7-18(5-2)11-10(19(21)22)8-9(14(15,16)17)13(25-3)12(11)20(23)24/h8H,4-7H2,1-3H3. The summed E-state index contributed by atoms with van der Waals surface area (Å²) in [5.41, 5.74) is -4.06. The third kappa shape index (κ3) is 4.28. The molecule has 0 aliphatic heterocycles. The van der Waals surface area contributed by atoms with Gasteiger partial charge in [0.05, 0.1) is 17.0 Å². The molecule has 25 heavy (non-hydrogen) atoms. The zero-order valence-electron chi connectivity index (χ0n) is 13.9. The lowest BCUT2D eigenvalue weighted by atomic mass is 10.1. The van der Waals surface area contributed by atoms with Gasteiger partial charge in [-0.1, -0.05) is 13.3 Å². The molecular weight excluding hydrogens is 347 g/mol. The first-order chi connectivity index (χ1) is 11.6. The molecule has 1 rings (SSSR count). The normalized spacial score (nSPS) is 11.3. The zero-order valence-corrected chi connectivity index (χ0v) is 13.9. The molecule has 0 aliphatic carbocycles. The van der Waals surface area contributed by atoms with Crippen molar-refractivity contribution in [1.82, 2.24) is 0 Å². The number of methoxy groups -OCH3 is 1. The lowest BCUT2D eigenvalue weighted by Crippen LogP contribution is -2.26. The van der Waals surface area contributed by atoms with Crippen LogP contribution < -0.4 is 9.64 Å². The molecule has 1 aromatic carbocycles. The van der Waals surface area contributed by atoms with Crippen molar-refractivity contribution in [3.05, 3.63) is 31.9 Å². The zero-order chi connectivity index (χ0) is 19.4. The van der Waals surface area contributed by atoms with Gasteiger partial charge in [0.1, 0.15) is 5.56 Å². The van der Waals surface area contributed by atoms with Crippen LogP contribution in [0.15, 0.2) is 6.07 Å². The Hall–Kier alpha value is -2.59. The van der Waals surface area contributed by atoms with E-state index >= 15 is 0 Å². The molecule has 0 bridgehead atoms. The highest BCUT2D eigenvalue weighted by Gasteiger charge is 2.44. The van der Waals surface area contributed by atoms with Crippen LogP contribution in [0.25, 0.3) is 0 Å². The maximum atomic E-state index is 13.2. The van der Waals surface area contributed by atoms with Crippen LogP contribution >= 0.6 is 0 Å². The Labute approximate surface area is 141 Å². The minimum atomic E-state index is -5.04. The summed E-state index contributed by atoms with van der Waals surface area (Å²) in [6.07, 6.45) is -3.78. The van der Waals surface area contributed by atoms with Gasteiger partial charge in [0.15, 0.2) is 5.69 Å². The fourth-order valence-electron chi connectivity index (χ4n) is 2.44. The summed E-state index contributed by atoms with van der Waals surface area (Å²) < 4.78 is 44.2. The van der Waals surface area contributed by atoms with Crippen molar-refractivity contribution in [1.29, 1.82) is 0 Å². The number of nitro groups is 2. The topological polar surface area (TPSA) is 98.8 Å². The van der Waals surface area contributed by atoms with Gasteiger partial charge in [-0.25, -0.2) is 0 Å². The van der Waals surface area contributed by atoms with Gasteiger partial charge in [0, 0.05) is 19.2 Å². The van der Waals surface area contributed by atoms with Gasteiger partial charge in [-0.05, 0) is 13.3 Å². The van der Waals surface area contributed by atoms with Crippen molar-refractivity contribution in [2.45, 2.75) is 32.9 Å². The number of hydrogen-bond donors (Lipinski definition) is 0. The summed E-state index contributed by atoms with van der Waals surface area (Å²) in [4.78, 5) is 22.0. The van der Waals surface area contributed by atoms with Gasteiger partial charge in [-0.2, -0.15) is 13.2 Å². The molecule has 11 heteroatoms. The van der Waals surface area contributed by atoms with Crippen LogP contribution in [-0.2, 0) is 6.18 Å². The number of alkyl halides is 3. The third-order valence-electron chi connectivity index (χ3n) is 3.58. The smallest absolute Gasteiger partial charge is 0.420 e. The number of rotatable bonds is 8. The first-order valence-electron chi connectivity index (χ1n) is 7.45. The Morgan fingerprint density at radius 1 is 1.20 bits per heavy atom. The molecule has 0 saturated heterocycles. The predicted octanol–water partition coefficient (Wildman–Crippen LogP) is 4.16. The van der Waals surface area contributed by atoms with Crippen LogP contribution in [0, 0.1) is 20.2 Å². The van der Waals surface area contributed by atoms with Crippen LogP contribution in [0.1, 0.15) is 32.3 Å². The van der Waals surface area contributed by atoms with E-state index in [1.807, 2.05) is 6.92 Å². The van der Waals surface area contributed by atoms with E-state index in [0.29, 0.717) is 12.8 Å². The second-order valence-corrected chi connectivity index (χ2v) is 5.12. The molecule has 0 saturated carbocycles. The van der Waals surface area contributed by atoms with Crippen molar-refractivity contribution in [3.63, 3.8) is 0 Å². The number of nitro benzene ring substituents is 2. The summed E-state index contributed by atoms with van der Waals surface area (Å²) in [7, 11) is 0.857. The van der Waals surface area contributed by atoms with E-state index in [0.717, 1.165) is 7.11 Å². The van der Waals surface area contributed by atoms with Crippen LogP contribution in [0.4, 0.5) is 30.2 Å². The quantitative estimate of drug-likeness (QED) is 0.507. The first kappa shape index (κ1) is 20.5. The second kappa shape index (κ2) is 7.99. The summed E-state index contributed by atoms with van der Waals surface area (Å²) in [5, 5.41) is 22.8. The summed E-state index contributed by atoms with van der Waals surface area (Å²) in [6.45, 7) is 3.83. The van der Waals surface area contributed by atoms with Crippen molar-refractivity contribution < 1.29 is 27.8 Å². The summed E-state index contributed by atoms with van der Waals surface area (Å²) in [6, 6.07) is 0.287. The van der Waals surface area contributed by atoms with Crippen molar-refractivity contribution >= 4 is 17.1 Å². The molecule has 0 atom stereocenters. The van der Waals surface area contributed by atoms with E-state index in [2.05, 4.69) is 4.74 Å².